The monoisotopic (exact) mass is 236 g/mol. The number of imide groups is 1. The molecule has 0 N–H and O–H groups in total. The molecule has 0 saturated carbocycles. The van der Waals surface area contributed by atoms with Gasteiger partial charge in [-0.05, 0) is 6.42 Å². The second-order valence-corrected chi connectivity index (χ2v) is 4.68. The number of rotatable bonds is 3. The van der Waals surface area contributed by atoms with Gasteiger partial charge in [0.2, 0.25) is 11.8 Å². The zero-order valence-corrected chi connectivity index (χ0v) is 10.3. The second kappa shape index (κ2) is 3.94. The van der Waals surface area contributed by atoms with Crippen molar-refractivity contribution in [2.24, 2.45) is 12.5 Å². The number of aryl methyl sites for hydroxylation is 1. The summed E-state index contributed by atoms with van der Waals surface area (Å²) < 4.78 is 1.57. The number of hydrogen-bond donors (Lipinski definition) is 0. The molecule has 1 aliphatic heterocycles. The summed E-state index contributed by atoms with van der Waals surface area (Å²) in [5.41, 5.74) is -0.546. The Hall–Kier alpha value is -1.72. The van der Waals surface area contributed by atoms with E-state index in [4.69, 9.17) is 0 Å². The van der Waals surface area contributed by atoms with Crippen LogP contribution in [0.3, 0.4) is 0 Å². The van der Waals surface area contributed by atoms with E-state index in [1.54, 1.807) is 11.7 Å². The van der Waals surface area contributed by atoms with E-state index in [-0.39, 0.29) is 18.4 Å². The van der Waals surface area contributed by atoms with Crippen LogP contribution < -0.4 is 0 Å². The fourth-order valence-electron chi connectivity index (χ4n) is 1.98. The molecule has 1 fully saturated rings. The summed E-state index contributed by atoms with van der Waals surface area (Å²) in [5.74, 6) is 0.391. The largest absolute Gasteiger partial charge is 0.274 e. The molecule has 92 valence electrons. The minimum absolute atomic E-state index is 0.104. The summed E-state index contributed by atoms with van der Waals surface area (Å²) in [6, 6.07) is 0. The highest BCUT2D eigenvalue weighted by atomic mass is 16.2. The Bertz CT molecular complexity index is 468. The number of likely N-dealkylation sites (tertiary alicyclic amines) is 1. The second-order valence-electron chi connectivity index (χ2n) is 4.68. The first-order valence-corrected chi connectivity index (χ1v) is 5.65. The van der Waals surface area contributed by atoms with Crippen molar-refractivity contribution in [1.29, 1.82) is 0 Å². The van der Waals surface area contributed by atoms with Crippen LogP contribution >= 0.6 is 0 Å². The molecule has 1 atom stereocenters. The lowest BCUT2D eigenvalue weighted by molar-refractivity contribution is -0.142. The molecule has 0 unspecified atom stereocenters. The number of amides is 2. The van der Waals surface area contributed by atoms with Crippen LogP contribution in [-0.4, -0.2) is 31.5 Å². The molecule has 0 radical (unpaired) electrons. The van der Waals surface area contributed by atoms with Crippen LogP contribution in [0.5, 0.6) is 0 Å². The maximum atomic E-state index is 12.2. The van der Waals surface area contributed by atoms with Gasteiger partial charge < -0.3 is 0 Å². The minimum atomic E-state index is -0.546. The maximum absolute atomic E-state index is 12.2. The fraction of sp³-hybridized carbons (Fsp3) is 0.636. The number of aromatic nitrogens is 3. The van der Waals surface area contributed by atoms with Gasteiger partial charge in [-0.3, -0.25) is 19.2 Å². The van der Waals surface area contributed by atoms with Gasteiger partial charge in [-0.25, -0.2) is 4.98 Å². The maximum Gasteiger partial charge on any atom is 0.236 e. The SMILES string of the molecule is CC[C@@]1(C)CC(=O)N(Cc2ncnn2C)C1=O. The van der Waals surface area contributed by atoms with Crippen LogP contribution in [0.4, 0.5) is 0 Å². The van der Waals surface area contributed by atoms with Gasteiger partial charge in [-0.2, -0.15) is 5.10 Å². The lowest BCUT2D eigenvalue weighted by Crippen LogP contribution is -2.34. The van der Waals surface area contributed by atoms with Crippen LogP contribution in [-0.2, 0) is 23.2 Å². The Balaban J connectivity index is 2.21. The van der Waals surface area contributed by atoms with E-state index in [1.807, 2.05) is 13.8 Å². The third-order valence-electron chi connectivity index (χ3n) is 3.49. The van der Waals surface area contributed by atoms with Crippen molar-refractivity contribution in [3.8, 4) is 0 Å². The predicted molar refractivity (Wildman–Crippen MR) is 59.6 cm³/mol. The molecular formula is C11H16N4O2. The third-order valence-corrected chi connectivity index (χ3v) is 3.49. The van der Waals surface area contributed by atoms with E-state index in [1.165, 1.54) is 11.2 Å². The van der Waals surface area contributed by atoms with Crippen molar-refractivity contribution >= 4 is 11.8 Å². The van der Waals surface area contributed by atoms with E-state index in [0.717, 1.165) is 0 Å². The van der Waals surface area contributed by atoms with Crippen molar-refractivity contribution in [1.82, 2.24) is 19.7 Å². The van der Waals surface area contributed by atoms with Gasteiger partial charge in [-0.1, -0.05) is 13.8 Å². The van der Waals surface area contributed by atoms with E-state index in [2.05, 4.69) is 10.1 Å². The molecule has 1 saturated heterocycles. The van der Waals surface area contributed by atoms with Gasteiger partial charge >= 0.3 is 0 Å². The topological polar surface area (TPSA) is 68.1 Å². The smallest absolute Gasteiger partial charge is 0.236 e. The van der Waals surface area contributed by atoms with E-state index in [0.29, 0.717) is 18.7 Å². The molecular weight excluding hydrogens is 220 g/mol. The van der Waals surface area contributed by atoms with E-state index in [9.17, 15) is 9.59 Å². The fourth-order valence-corrected chi connectivity index (χ4v) is 1.98. The highest BCUT2D eigenvalue weighted by Crippen LogP contribution is 2.35. The van der Waals surface area contributed by atoms with E-state index < -0.39 is 5.41 Å². The average molecular weight is 236 g/mol. The van der Waals surface area contributed by atoms with Gasteiger partial charge in [0.1, 0.15) is 12.2 Å². The molecule has 6 heteroatoms. The first-order chi connectivity index (χ1) is 7.98. The normalized spacial score (nSPS) is 24.8. The Kier molecular flexibility index (Phi) is 2.73. The van der Waals surface area contributed by atoms with Crippen molar-refractivity contribution in [3.05, 3.63) is 12.2 Å². The summed E-state index contributed by atoms with van der Waals surface area (Å²) in [5, 5.41) is 3.92. The quantitative estimate of drug-likeness (QED) is 0.716. The van der Waals surface area contributed by atoms with Crippen molar-refractivity contribution in [2.75, 3.05) is 0 Å². The molecule has 2 heterocycles. The lowest BCUT2D eigenvalue weighted by Gasteiger charge is -2.19. The van der Waals surface area contributed by atoms with Crippen LogP contribution in [0.1, 0.15) is 32.5 Å². The van der Waals surface area contributed by atoms with Gasteiger partial charge in [-0.15, -0.1) is 0 Å². The molecule has 6 nitrogen and oxygen atoms in total. The van der Waals surface area contributed by atoms with E-state index >= 15 is 0 Å². The Morgan fingerprint density at radius 1 is 1.47 bits per heavy atom. The first-order valence-electron chi connectivity index (χ1n) is 5.65. The van der Waals surface area contributed by atoms with Crippen molar-refractivity contribution in [3.63, 3.8) is 0 Å². The third kappa shape index (κ3) is 1.83. The molecule has 0 aromatic carbocycles. The van der Waals surface area contributed by atoms with Gasteiger partial charge in [0, 0.05) is 13.5 Å². The number of carbonyl (C=O) groups is 2. The molecule has 2 rings (SSSR count). The standard InChI is InChI=1S/C11H16N4O2/c1-4-11(2)5-9(16)15(10(11)17)6-8-12-7-13-14(8)3/h7H,4-6H2,1-3H3/t11-/m0/s1. The summed E-state index contributed by atoms with van der Waals surface area (Å²) >= 11 is 0. The van der Waals surface area contributed by atoms with Crippen LogP contribution in [0.25, 0.3) is 0 Å². The molecule has 0 spiro atoms. The molecule has 17 heavy (non-hydrogen) atoms. The van der Waals surface area contributed by atoms with Crippen molar-refractivity contribution in [2.45, 2.75) is 33.2 Å². The summed E-state index contributed by atoms with van der Waals surface area (Å²) in [4.78, 5) is 29.3. The molecule has 0 aliphatic carbocycles. The van der Waals surface area contributed by atoms with Crippen LogP contribution in [0.15, 0.2) is 6.33 Å². The molecule has 1 aromatic rings. The Labute approximate surface area is 99.6 Å². The summed E-state index contributed by atoms with van der Waals surface area (Å²) in [6.07, 6.45) is 2.38. The van der Waals surface area contributed by atoms with Gasteiger partial charge in [0.25, 0.3) is 0 Å². The zero-order valence-electron chi connectivity index (χ0n) is 10.3. The molecule has 0 bridgehead atoms. The van der Waals surface area contributed by atoms with Crippen molar-refractivity contribution < 1.29 is 9.59 Å². The molecule has 1 aromatic heterocycles. The van der Waals surface area contributed by atoms with Crippen LogP contribution in [0.2, 0.25) is 0 Å². The average Bonchev–Trinajstić information content (AvgIpc) is 2.78. The number of hydrogen-bond acceptors (Lipinski definition) is 4. The van der Waals surface area contributed by atoms with Gasteiger partial charge in [0.15, 0.2) is 0 Å². The highest BCUT2D eigenvalue weighted by Gasteiger charge is 2.47. The summed E-state index contributed by atoms with van der Waals surface area (Å²) in [6.45, 7) is 3.98. The lowest BCUT2D eigenvalue weighted by atomic mass is 9.86. The highest BCUT2D eigenvalue weighted by molar-refractivity contribution is 6.05. The molecule has 1 aliphatic rings. The first kappa shape index (κ1) is 11.8. The van der Waals surface area contributed by atoms with Gasteiger partial charge in [0.05, 0.1) is 12.0 Å². The van der Waals surface area contributed by atoms with Crippen LogP contribution in [0, 0.1) is 5.41 Å². The predicted octanol–water partition coefficient (Wildman–Crippen LogP) is 0.490. The Morgan fingerprint density at radius 3 is 2.65 bits per heavy atom. The number of nitrogens with zero attached hydrogens (tertiary/aromatic N) is 4. The summed E-state index contributed by atoms with van der Waals surface area (Å²) in [7, 11) is 1.74. The molecule has 2 amide bonds. The Morgan fingerprint density at radius 2 is 2.18 bits per heavy atom. The minimum Gasteiger partial charge on any atom is -0.274 e. The zero-order chi connectivity index (χ0) is 12.6. The number of carbonyl (C=O) groups excluding carboxylic acids is 2.